The van der Waals surface area contributed by atoms with Crippen molar-refractivity contribution in [2.75, 3.05) is 0 Å². The standard InChI is InChI=1S/C16H33N/c1-5-7-8-15(6-2)12-16(17)11-13(3)9-10-14(16)4/h13-15H,5-12,17H2,1-4H3. The number of hydrogen-bond acceptors (Lipinski definition) is 1. The maximum absolute atomic E-state index is 6.74. The van der Waals surface area contributed by atoms with Crippen LogP contribution in [0.4, 0.5) is 0 Å². The van der Waals surface area contributed by atoms with Crippen molar-refractivity contribution < 1.29 is 0 Å². The smallest absolute Gasteiger partial charge is 0.0185 e. The Morgan fingerprint density at radius 3 is 2.53 bits per heavy atom. The van der Waals surface area contributed by atoms with Crippen molar-refractivity contribution in [2.24, 2.45) is 23.5 Å². The van der Waals surface area contributed by atoms with Crippen molar-refractivity contribution in [1.82, 2.24) is 0 Å². The molecule has 1 saturated carbocycles. The van der Waals surface area contributed by atoms with Gasteiger partial charge in [0.1, 0.15) is 0 Å². The molecule has 0 aromatic rings. The SMILES string of the molecule is CCCCC(CC)CC1(N)CC(C)CCC1C. The van der Waals surface area contributed by atoms with Crippen LogP contribution in [0.2, 0.25) is 0 Å². The third-order valence-corrected chi connectivity index (χ3v) is 5.01. The first-order valence-corrected chi connectivity index (χ1v) is 7.80. The second kappa shape index (κ2) is 6.78. The summed E-state index contributed by atoms with van der Waals surface area (Å²) in [7, 11) is 0. The van der Waals surface area contributed by atoms with Gasteiger partial charge in [-0.25, -0.2) is 0 Å². The van der Waals surface area contributed by atoms with E-state index >= 15 is 0 Å². The Morgan fingerprint density at radius 1 is 1.24 bits per heavy atom. The Bertz CT molecular complexity index is 214. The zero-order valence-corrected chi connectivity index (χ0v) is 12.5. The van der Waals surface area contributed by atoms with Gasteiger partial charge in [-0.3, -0.25) is 0 Å². The maximum Gasteiger partial charge on any atom is 0.0185 e. The molecule has 17 heavy (non-hydrogen) atoms. The van der Waals surface area contributed by atoms with Gasteiger partial charge in [0.15, 0.2) is 0 Å². The minimum absolute atomic E-state index is 0.131. The van der Waals surface area contributed by atoms with Gasteiger partial charge >= 0.3 is 0 Å². The molecule has 1 aliphatic rings. The highest BCUT2D eigenvalue weighted by atomic mass is 14.8. The minimum atomic E-state index is 0.131. The third kappa shape index (κ3) is 4.28. The van der Waals surface area contributed by atoms with E-state index < -0.39 is 0 Å². The Kier molecular flexibility index (Phi) is 5.99. The lowest BCUT2D eigenvalue weighted by Gasteiger charge is -2.44. The van der Waals surface area contributed by atoms with Gasteiger partial charge < -0.3 is 5.73 Å². The summed E-state index contributed by atoms with van der Waals surface area (Å²) in [6.45, 7) is 9.37. The van der Waals surface area contributed by atoms with Gasteiger partial charge in [0.05, 0.1) is 0 Å². The molecule has 0 amide bonds. The van der Waals surface area contributed by atoms with E-state index in [0.29, 0.717) is 0 Å². The fourth-order valence-corrected chi connectivity index (χ4v) is 3.54. The highest BCUT2D eigenvalue weighted by molar-refractivity contribution is 4.95. The summed E-state index contributed by atoms with van der Waals surface area (Å²) >= 11 is 0. The summed E-state index contributed by atoms with van der Waals surface area (Å²) in [4.78, 5) is 0. The fourth-order valence-electron chi connectivity index (χ4n) is 3.54. The number of nitrogens with two attached hydrogens (primary N) is 1. The van der Waals surface area contributed by atoms with Gasteiger partial charge in [0, 0.05) is 5.54 Å². The summed E-state index contributed by atoms with van der Waals surface area (Å²) in [5, 5.41) is 0. The van der Waals surface area contributed by atoms with Crippen LogP contribution in [-0.2, 0) is 0 Å². The Hall–Kier alpha value is -0.0400. The predicted molar refractivity (Wildman–Crippen MR) is 77.0 cm³/mol. The molecule has 0 radical (unpaired) electrons. The van der Waals surface area contributed by atoms with E-state index in [9.17, 15) is 0 Å². The molecule has 1 aliphatic carbocycles. The van der Waals surface area contributed by atoms with Crippen molar-refractivity contribution in [2.45, 2.75) is 84.6 Å². The zero-order chi connectivity index (χ0) is 12.9. The first kappa shape index (κ1) is 15.0. The molecule has 4 atom stereocenters. The molecule has 0 saturated heterocycles. The van der Waals surface area contributed by atoms with Gasteiger partial charge in [-0.2, -0.15) is 0 Å². The highest BCUT2D eigenvalue weighted by Crippen LogP contribution is 2.40. The van der Waals surface area contributed by atoms with E-state index in [1.165, 1.54) is 51.4 Å². The molecule has 0 spiro atoms. The molecule has 0 bridgehead atoms. The molecule has 0 aromatic carbocycles. The molecule has 4 unspecified atom stereocenters. The monoisotopic (exact) mass is 239 g/mol. The van der Waals surface area contributed by atoms with Gasteiger partial charge in [0.25, 0.3) is 0 Å². The van der Waals surface area contributed by atoms with Crippen LogP contribution in [0.1, 0.15) is 79.1 Å². The van der Waals surface area contributed by atoms with Gasteiger partial charge in [-0.15, -0.1) is 0 Å². The first-order chi connectivity index (χ1) is 8.01. The Labute approximate surface area is 109 Å². The quantitative estimate of drug-likeness (QED) is 0.711. The van der Waals surface area contributed by atoms with Crippen LogP contribution in [0.15, 0.2) is 0 Å². The number of rotatable bonds is 6. The predicted octanol–water partition coefficient (Wildman–Crippen LogP) is 4.75. The average Bonchev–Trinajstić information content (AvgIpc) is 2.30. The van der Waals surface area contributed by atoms with E-state index in [-0.39, 0.29) is 5.54 Å². The van der Waals surface area contributed by atoms with Gasteiger partial charge in [0.2, 0.25) is 0 Å². The third-order valence-electron chi connectivity index (χ3n) is 5.01. The molecule has 102 valence electrons. The lowest BCUT2D eigenvalue weighted by atomic mass is 9.66. The number of unbranched alkanes of at least 4 members (excludes halogenated alkanes) is 1. The van der Waals surface area contributed by atoms with E-state index in [1.807, 2.05) is 0 Å². The van der Waals surface area contributed by atoms with Crippen molar-refractivity contribution in [1.29, 1.82) is 0 Å². The summed E-state index contributed by atoms with van der Waals surface area (Å²) < 4.78 is 0. The van der Waals surface area contributed by atoms with Crippen molar-refractivity contribution in [3.8, 4) is 0 Å². The highest BCUT2D eigenvalue weighted by Gasteiger charge is 2.38. The normalized spacial score (nSPS) is 35.8. The molecule has 0 aliphatic heterocycles. The van der Waals surface area contributed by atoms with Crippen LogP contribution >= 0.6 is 0 Å². The second-order valence-electron chi connectivity index (χ2n) is 6.64. The summed E-state index contributed by atoms with van der Waals surface area (Å²) in [6, 6.07) is 0. The van der Waals surface area contributed by atoms with E-state index in [0.717, 1.165) is 17.8 Å². The van der Waals surface area contributed by atoms with Crippen LogP contribution in [0.3, 0.4) is 0 Å². The number of hydrogen-bond donors (Lipinski definition) is 1. The fraction of sp³-hybridized carbons (Fsp3) is 1.00. The van der Waals surface area contributed by atoms with Gasteiger partial charge in [-0.05, 0) is 37.0 Å². The molecule has 1 fully saturated rings. The molecule has 0 aromatic heterocycles. The van der Waals surface area contributed by atoms with Crippen molar-refractivity contribution in [3.05, 3.63) is 0 Å². The summed E-state index contributed by atoms with van der Waals surface area (Å²) in [5.74, 6) is 2.40. The van der Waals surface area contributed by atoms with Crippen LogP contribution in [-0.4, -0.2) is 5.54 Å². The molecular weight excluding hydrogens is 206 g/mol. The summed E-state index contributed by atoms with van der Waals surface area (Å²) in [6.07, 6.45) is 10.6. The molecular formula is C16H33N. The minimum Gasteiger partial charge on any atom is -0.325 e. The summed E-state index contributed by atoms with van der Waals surface area (Å²) in [5.41, 5.74) is 6.87. The topological polar surface area (TPSA) is 26.0 Å². The molecule has 1 nitrogen and oxygen atoms in total. The molecule has 2 N–H and O–H groups in total. The second-order valence-corrected chi connectivity index (χ2v) is 6.64. The first-order valence-electron chi connectivity index (χ1n) is 7.80. The van der Waals surface area contributed by atoms with E-state index in [4.69, 9.17) is 5.73 Å². The largest absolute Gasteiger partial charge is 0.325 e. The average molecular weight is 239 g/mol. The molecule has 0 heterocycles. The maximum atomic E-state index is 6.74. The van der Waals surface area contributed by atoms with Crippen LogP contribution < -0.4 is 5.73 Å². The van der Waals surface area contributed by atoms with Crippen LogP contribution in [0.25, 0.3) is 0 Å². The van der Waals surface area contributed by atoms with E-state index in [2.05, 4.69) is 27.7 Å². The van der Waals surface area contributed by atoms with E-state index in [1.54, 1.807) is 0 Å². The van der Waals surface area contributed by atoms with Crippen molar-refractivity contribution >= 4 is 0 Å². The van der Waals surface area contributed by atoms with Crippen molar-refractivity contribution in [3.63, 3.8) is 0 Å². The van der Waals surface area contributed by atoms with Gasteiger partial charge in [-0.1, -0.05) is 59.8 Å². The lowest BCUT2D eigenvalue weighted by Crippen LogP contribution is -2.51. The Morgan fingerprint density at radius 2 is 1.94 bits per heavy atom. The molecule has 1 heteroatoms. The van der Waals surface area contributed by atoms with Crippen LogP contribution in [0, 0.1) is 17.8 Å². The zero-order valence-electron chi connectivity index (χ0n) is 12.5. The Balaban J connectivity index is 2.55. The lowest BCUT2D eigenvalue weighted by molar-refractivity contribution is 0.126. The van der Waals surface area contributed by atoms with Crippen LogP contribution in [0.5, 0.6) is 0 Å². The molecule has 1 rings (SSSR count).